The molecule has 2 atom stereocenters. The molecule has 14 heavy (non-hydrogen) atoms. The van der Waals surface area contributed by atoms with E-state index in [-0.39, 0.29) is 0 Å². The van der Waals surface area contributed by atoms with Crippen LogP contribution in [0.5, 0.6) is 0 Å². The minimum atomic E-state index is 0.648. The van der Waals surface area contributed by atoms with Gasteiger partial charge in [-0.15, -0.1) is 0 Å². The van der Waals surface area contributed by atoms with Gasteiger partial charge in [-0.3, -0.25) is 0 Å². The summed E-state index contributed by atoms with van der Waals surface area (Å²) >= 11 is 0. The average Bonchev–Trinajstić information content (AvgIpc) is 2.54. The van der Waals surface area contributed by atoms with Crippen molar-refractivity contribution in [3.05, 3.63) is 0 Å². The maximum absolute atomic E-state index is 3.57. The molecule has 1 saturated carbocycles. The molecule has 2 unspecified atom stereocenters. The van der Waals surface area contributed by atoms with Crippen LogP contribution in [0.25, 0.3) is 0 Å². The van der Waals surface area contributed by atoms with Gasteiger partial charge in [-0.25, -0.2) is 0 Å². The van der Waals surface area contributed by atoms with E-state index >= 15 is 0 Å². The first kappa shape index (κ1) is 10.4. The van der Waals surface area contributed by atoms with Gasteiger partial charge < -0.3 is 10.2 Å². The van der Waals surface area contributed by atoms with Crippen molar-refractivity contribution in [1.29, 1.82) is 0 Å². The molecule has 2 fully saturated rings. The molecule has 2 rings (SSSR count). The first-order chi connectivity index (χ1) is 6.77. The fraction of sp³-hybridized carbons (Fsp3) is 1.00. The van der Waals surface area contributed by atoms with Gasteiger partial charge in [-0.2, -0.15) is 0 Å². The van der Waals surface area contributed by atoms with Crippen molar-refractivity contribution >= 4 is 0 Å². The summed E-state index contributed by atoms with van der Waals surface area (Å²) in [5.74, 6) is 0.940. The Morgan fingerprint density at radius 3 is 2.43 bits per heavy atom. The minimum Gasteiger partial charge on any atom is -0.314 e. The Balaban J connectivity index is 1.72. The van der Waals surface area contributed by atoms with Crippen LogP contribution < -0.4 is 5.32 Å². The molecular weight excluding hydrogens is 172 g/mol. The Bertz CT molecular complexity index is 173. The molecule has 0 spiro atoms. The highest BCUT2D eigenvalue weighted by Crippen LogP contribution is 2.33. The summed E-state index contributed by atoms with van der Waals surface area (Å²) in [6, 6.07) is 1.57. The predicted molar refractivity (Wildman–Crippen MR) is 60.5 cm³/mol. The van der Waals surface area contributed by atoms with E-state index in [0.717, 1.165) is 12.0 Å². The molecule has 1 saturated heterocycles. The largest absolute Gasteiger partial charge is 0.314 e. The van der Waals surface area contributed by atoms with Crippen LogP contribution >= 0.6 is 0 Å². The van der Waals surface area contributed by atoms with E-state index in [2.05, 4.69) is 24.1 Å². The smallest absolute Gasteiger partial charge is 0.0136 e. The Hall–Kier alpha value is -0.0800. The van der Waals surface area contributed by atoms with Gasteiger partial charge in [0.25, 0.3) is 0 Å². The fourth-order valence-corrected chi connectivity index (χ4v) is 2.73. The van der Waals surface area contributed by atoms with Crippen LogP contribution in [0.1, 0.15) is 39.5 Å². The first-order valence-corrected chi connectivity index (χ1v) is 6.25. The molecule has 0 aromatic heterocycles. The average molecular weight is 196 g/mol. The molecule has 0 radical (unpaired) electrons. The zero-order chi connectivity index (χ0) is 9.97. The van der Waals surface area contributed by atoms with Gasteiger partial charge in [-0.1, -0.05) is 13.8 Å². The lowest BCUT2D eigenvalue weighted by Crippen LogP contribution is -2.50. The van der Waals surface area contributed by atoms with Crippen molar-refractivity contribution in [3.63, 3.8) is 0 Å². The third-order valence-corrected chi connectivity index (χ3v) is 3.78. The minimum absolute atomic E-state index is 0.648. The summed E-state index contributed by atoms with van der Waals surface area (Å²) < 4.78 is 0. The number of nitrogens with one attached hydrogen (secondary N) is 1. The lowest BCUT2D eigenvalue weighted by molar-refractivity contribution is 0.0810. The van der Waals surface area contributed by atoms with Gasteiger partial charge in [0.15, 0.2) is 0 Å². The first-order valence-electron chi connectivity index (χ1n) is 6.25. The highest BCUT2D eigenvalue weighted by molar-refractivity contribution is 4.91. The topological polar surface area (TPSA) is 15.3 Å². The van der Waals surface area contributed by atoms with E-state index in [1.807, 2.05) is 0 Å². The van der Waals surface area contributed by atoms with Gasteiger partial charge in [-0.05, 0) is 51.2 Å². The predicted octanol–water partition coefficient (Wildman–Crippen LogP) is 1.86. The van der Waals surface area contributed by atoms with Crippen LogP contribution in [0.15, 0.2) is 0 Å². The van der Waals surface area contributed by atoms with E-state index in [1.54, 1.807) is 0 Å². The normalized spacial score (nSPS) is 33.6. The molecule has 1 heterocycles. The molecule has 1 N–H and O–H groups in total. The molecular formula is C12H24N2. The van der Waals surface area contributed by atoms with Crippen LogP contribution in [0.3, 0.4) is 0 Å². The fourth-order valence-electron chi connectivity index (χ4n) is 2.73. The maximum Gasteiger partial charge on any atom is 0.0136 e. The van der Waals surface area contributed by atoms with Crippen LogP contribution in [0.2, 0.25) is 0 Å². The van der Waals surface area contributed by atoms with Crippen LogP contribution in [0, 0.1) is 5.92 Å². The van der Waals surface area contributed by atoms with Crippen molar-refractivity contribution in [3.8, 4) is 0 Å². The molecule has 1 aliphatic heterocycles. The Morgan fingerprint density at radius 1 is 1.21 bits per heavy atom. The Morgan fingerprint density at radius 2 is 1.93 bits per heavy atom. The summed E-state index contributed by atoms with van der Waals surface area (Å²) in [7, 11) is 0. The van der Waals surface area contributed by atoms with Crippen molar-refractivity contribution in [2.45, 2.75) is 51.6 Å². The van der Waals surface area contributed by atoms with Gasteiger partial charge >= 0.3 is 0 Å². The monoisotopic (exact) mass is 196 g/mol. The highest BCUT2D eigenvalue weighted by atomic mass is 15.2. The quantitative estimate of drug-likeness (QED) is 0.738. The number of hydrogen-bond donors (Lipinski definition) is 1. The number of hydrogen-bond acceptors (Lipinski definition) is 2. The van der Waals surface area contributed by atoms with Crippen molar-refractivity contribution in [2.75, 3.05) is 19.6 Å². The van der Waals surface area contributed by atoms with E-state index < -0.39 is 0 Å². The molecule has 0 amide bonds. The molecule has 1 aliphatic carbocycles. The van der Waals surface area contributed by atoms with Gasteiger partial charge in [0.05, 0.1) is 0 Å². The maximum atomic E-state index is 3.57. The van der Waals surface area contributed by atoms with Gasteiger partial charge in [0, 0.05) is 12.1 Å². The second kappa shape index (κ2) is 4.63. The Kier molecular flexibility index (Phi) is 3.45. The zero-order valence-corrected chi connectivity index (χ0v) is 9.63. The molecule has 2 nitrogen and oxygen atoms in total. The van der Waals surface area contributed by atoms with Crippen LogP contribution in [-0.4, -0.2) is 36.6 Å². The summed E-state index contributed by atoms with van der Waals surface area (Å²) in [6.07, 6.45) is 5.76. The summed E-state index contributed by atoms with van der Waals surface area (Å²) in [5.41, 5.74) is 0. The van der Waals surface area contributed by atoms with E-state index in [1.165, 1.54) is 45.3 Å². The molecule has 82 valence electrons. The van der Waals surface area contributed by atoms with Gasteiger partial charge in [0.2, 0.25) is 0 Å². The summed E-state index contributed by atoms with van der Waals surface area (Å²) in [4.78, 5) is 2.72. The molecule has 2 aliphatic rings. The number of likely N-dealkylation sites (tertiary alicyclic amines) is 1. The zero-order valence-electron chi connectivity index (χ0n) is 9.63. The highest BCUT2D eigenvalue weighted by Gasteiger charge is 2.35. The van der Waals surface area contributed by atoms with E-state index in [9.17, 15) is 0 Å². The van der Waals surface area contributed by atoms with Crippen LogP contribution in [0.4, 0.5) is 0 Å². The number of nitrogens with zero attached hydrogens (tertiary/aromatic N) is 1. The molecule has 2 heteroatoms. The third-order valence-electron chi connectivity index (χ3n) is 3.78. The van der Waals surface area contributed by atoms with E-state index in [0.29, 0.717) is 6.04 Å². The molecule has 0 bridgehead atoms. The molecule has 0 aromatic rings. The SMILES string of the molecule is CC(C)NCC1CCC1N1CCCC1. The van der Waals surface area contributed by atoms with Gasteiger partial charge in [0.1, 0.15) is 0 Å². The van der Waals surface area contributed by atoms with E-state index in [4.69, 9.17) is 0 Å². The lowest BCUT2D eigenvalue weighted by atomic mass is 9.78. The third kappa shape index (κ3) is 2.29. The summed E-state index contributed by atoms with van der Waals surface area (Å²) in [5, 5.41) is 3.57. The lowest BCUT2D eigenvalue weighted by Gasteiger charge is -2.43. The Labute approximate surface area is 88.1 Å². The van der Waals surface area contributed by atoms with Crippen molar-refractivity contribution in [2.24, 2.45) is 5.92 Å². The second-order valence-corrected chi connectivity index (χ2v) is 5.21. The van der Waals surface area contributed by atoms with Crippen LogP contribution in [-0.2, 0) is 0 Å². The summed E-state index contributed by atoms with van der Waals surface area (Å²) in [6.45, 7) is 8.44. The van der Waals surface area contributed by atoms with Crippen molar-refractivity contribution in [1.82, 2.24) is 10.2 Å². The van der Waals surface area contributed by atoms with Crippen molar-refractivity contribution < 1.29 is 0 Å². The molecule has 0 aromatic carbocycles. The standard InChI is InChI=1S/C12H24N2/c1-10(2)13-9-11-5-6-12(11)14-7-3-4-8-14/h10-13H,3-9H2,1-2H3. The second-order valence-electron chi connectivity index (χ2n) is 5.21. The number of rotatable bonds is 4.